The number of hydrogen-bond donors (Lipinski definition) is 4. The van der Waals surface area contributed by atoms with Crippen molar-refractivity contribution in [2.75, 3.05) is 13.1 Å². The van der Waals surface area contributed by atoms with E-state index in [9.17, 15) is 15.0 Å². The van der Waals surface area contributed by atoms with Crippen molar-refractivity contribution in [2.45, 2.75) is 38.7 Å². The van der Waals surface area contributed by atoms with E-state index >= 15 is 0 Å². The topological polar surface area (TPSA) is 105 Å². The molecule has 0 saturated heterocycles. The molecule has 0 aliphatic carbocycles. The lowest BCUT2D eigenvalue weighted by Crippen LogP contribution is -2.45. The Labute approximate surface area is 124 Å². The van der Waals surface area contributed by atoms with Gasteiger partial charge in [0.1, 0.15) is 17.1 Å². The molecule has 0 aromatic heterocycles. The molecule has 1 unspecified atom stereocenters. The van der Waals surface area contributed by atoms with Crippen molar-refractivity contribution >= 4 is 6.09 Å². The number of alkyl carbamates (subject to hydrolysis) is 1. The first-order valence-electron chi connectivity index (χ1n) is 6.77. The summed E-state index contributed by atoms with van der Waals surface area (Å²) in [4.78, 5) is 11.7. The number of amides is 1. The van der Waals surface area contributed by atoms with E-state index < -0.39 is 17.1 Å². The lowest BCUT2D eigenvalue weighted by atomic mass is 9.82. The number of hydrogen-bond acceptors (Lipinski definition) is 5. The zero-order chi connectivity index (χ0) is 16.3. The number of phenols is 2. The minimum atomic E-state index is -0.672. The minimum absolute atomic E-state index is 0.0317. The molecule has 0 fully saturated rings. The van der Waals surface area contributed by atoms with Gasteiger partial charge in [0.05, 0.1) is 0 Å². The van der Waals surface area contributed by atoms with Crippen molar-refractivity contribution in [2.24, 2.45) is 5.73 Å². The molecule has 0 aliphatic heterocycles. The molecule has 0 spiro atoms. The molecule has 0 aliphatic rings. The normalized spacial score (nSPS) is 14.3. The summed E-state index contributed by atoms with van der Waals surface area (Å²) < 4.78 is 5.17. The summed E-state index contributed by atoms with van der Waals surface area (Å²) in [7, 11) is 0. The van der Waals surface area contributed by atoms with Crippen molar-refractivity contribution in [3.05, 3.63) is 23.8 Å². The first kappa shape index (κ1) is 17.1. The molecule has 6 heteroatoms. The maximum Gasteiger partial charge on any atom is 0.407 e. The second-order valence-electron chi connectivity index (χ2n) is 6.32. The molecule has 0 heterocycles. The number of rotatable bonds is 4. The third-order valence-electron chi connectivity index (χ3n) is 3.10. The number of nitrogens with one attached hydrogen (secondary N) is 1. The summed E-state index contributed by atoms with van der Waals surface area (Å²) in [6.45, 7) is 7.57. The lowest BCUT2D eigenvalue weighted by Gasteiger charge is -2.30. The molecule has 1 atom stereocenters. The van der Waals surface area contributed by atoms with Gasteiger partial charge in [-0.1, -0.05) is 13.0 Å². The minimum Gasteiger partial charge on any atom is -0.508 e. The smallest absolute Gasteiger partial charge is 0.407 e. The van der Waals surface area contributed by atoms with Gasteiger partial charge in [0.2, 0.25) is 0 Å². The van der Waals surface area contributed by atoms with Crippen molar-refractivity contribution in [1.29, 1.82) is 0 Å². The van der Waals surface area contributed by atoms with E-state index in [0.29, 0.717) is 5.56 Å². The Morgan fingerprint density at radius 3 is 2.38 bits per heavy atom. The van der Waals surface area contributed by atoms with E-state index in [0.717, 1.165) is 0 Å². The predicted octanol–water partition coefficient (Wildman–Crippen LogP) is 1.84. The average Bonchev–Trinajstić information content (AvgIpc) is 2.34. The second kappa shape index (κ2) is 6.22. The van der Waals surface area contributed by atoms with Crippen molar-refractivity contribution in [3.63, 3.8) is 0 Å². The van der Waals surface area contributed by atoms with E-state index in [1.54, 1.807) is 26.8 Å². The molecule has 1 rings (SSSR count). The average molecular weight is 296 g/mol. The molecular weight excluding hydrogens is 272 g/mol. The van der Waals surface area contributed by atoms with E-state index in [2.05, 4.69) is 5.32 Å². The number of carbonyl (C=O) groups is 1. The van der Waals surface area contributed by atoms with Crippen molar-refractivity contribution in [3.8, 4) is 11.5 Å². The van der Waals surface area contributed by atoms with Crippen LogP contribution in [0.2, 0.25) is 0 Å². The monoisotopic (exact) mass is 296 g/mol. The fraction of sp³-hybridized carbons (Fsp3) is 0.533. The Kier molecular flexibility index (Phi) is 5.06. The SMILES string of the molecule is CC(C)(C)OC(=O)NCC(C)(CN)c1ccc(O)cc1O. The van der Waals surface area contributed by atoms with Crippen LogP contribution in [-0.2, 0) is 10.2 Å². The molecule has 1 amide bonds. The highest BCUT2D eigenvalue weighted by Crippen LogP contribution is 2.32. The quantitative estimate of drug-likeness (QED) is 0.678. The van der Waals surface area contributed by atoms with Crippen LogP contribution in [0.5, 0.6) is 11.5 Å². The van der Waals surface area contributed by atoms with Gasteiger partial charge in [0.15, 0.2) is 0 Å². The molecule has 0 saturated carbocycles. The van der Waals surface area contributed by atoms with Gasteiger partial charge in [-0.2, -0.15) is 0 Å². The molecule has 1 aromatic rings. The van der Waals surface area contributed by atoms with Crippen LogP contribution in [0.1, 0.15) is 33.3 Å². The highest BCUT2D eigenvalue weighted by atomic mass is 16.6. The van der Waals surface area contributed by atoms with Gasteiger partial charge >= 0.3 is 6.09 Å². The molecule has 118 valence electrons. The Morgan fingerprint density at radius 2 is 1.90 bits per heavy atom. The van der Waals surface area contributed by atoms with Crippen LogP contribution in [-0.4, -0.2) is 35.0 Å². The molecule has 0 bridgehead atoms. The van der Waals surface area contributed by atoms with Crippen LogP contribution in [0, 0.1) is 0 Å². The summed E-state index contributed by atoms with van der Waals surface area (Å²) in [5.41, 5.74) is 5.10. The molecule has 21 heavy (non-hydrogen) atoms. The Morgan fingerprint density at radius 1 is 1.29 bits per heavy atom. The summed E-state index contributed by atoms with van der Waals surface area (Å²) in [6.07, 6.45) is -0.541. The molecule has 1 aromatic carbocycles. The van der Waals surface area contributed by atoms with Crippen molar-refractivity contribution < 1.29 is 19.7 Å². The predicted molar refractivity (Wildman–Crippen MR) is 80.4 cm³/mol. The highest BCUT2D eigenvalue weighted by Gasteiger charge is 2.29. The Bertz CT molecular complexity index is 511. The standard InChI is InChI=1S/C15H24N2O4/c1-14(2,3)21-13(20)17-9-15(4,8-16)11-6-5-10(18)7-12(11)19/h5-7,18-19H,8-9,16H2,1-4H3,(H,17,20). The Hall–Kier alpha value is -1.95. The maximum atomic E-state index is 11.7. The highest BCUT2D eigenvalue weighted by molar-refractivity contribution is 5.68. The third kappa shape index (κ3) is 4.82. The number of aromatic hydroxyl groups is 2. The number of ether oxygens (including phenoxy) is 1. The summed E-state index contributed by atoms with van der Waals surface area (Å²) >= 11 is 0. The van der Waals surface area contributed by atoms with E-state index in [-0.39, 0.29) is 24.6 Å². The Balaban J connectivity index is 2.83. The summed E-state index contributed by atoms with van der Waals surface area (Å²) in [6, 6.07) is 4.31. The fourth-order valence-electron chi connectivity index (χ4n) is 1.89. The van der Waals surface area contributed by atoms with Crippen molar-refractivity contribution in [1.82, 2.24) is 5.32 Å². The van der Waals surface area contributed by atoms with Crippen LogP contribution in [0.4, 0.5) is 4.79 Å². The van der Waals surface area contributed by atoms with Crippen LogP contribution < -0.4 is 11.1 Å². The number of nitrogens with two attached hydrogens (primary N) is 1. The van der Waals surface area contributed by atoms with Gasteiger partial charge in [-0.25, -0.2) is 4.79 Å². The van der Waals surface area contributed by atoms with Gasteiger partial charge in [-0.05, 0) is 26.8 Å². The van der Waals surface area contributed by atoms with Crippen LogP contribution in [0.25, 0.3) is 0 Å². The zero-order valence-corrected chi connectivity index (χ0v) is 12.9. The van der Waals surface area contributed by atoms with E-state index in [1.165, 1.54) is 12.1 Å². The summed E-state index contributed by atoms with van der Waals surface area (Å²) in [5.74, 6) is -0.0929. The van der Waals surface area contributed by atoms with Crippen LogP contribution >= 0.6 is 0 Å². The summed E-state index contributed by atoms with van der Waals surface area (Å²) in [5, 5.41) is 21.9. The molecular formula is C15H24N2O4. The molecule has 5 N–H and O–H groups in total. The second-order valence-corrected chi connectivity index (χ2v) is 6.32. The number of carbonyl (C=O) groups excluding carboxylic acids is 1. The van der Waals surface area contributed by atoms with E-state index in [1.807, 2.05) is 6.92 Å². The van der Waals surface area contributed by atoms with Gasteiger partial charge < -0.3 is 26.0 Å². The first-order chi connectivity index (χ1) is 9.57. The zero-order valence-electron chi connectivity index (χ0n) is 12.9. The van der Waals surface area contributed by atoms with E-state index in [4.69, 9.17) is 10.5 Å². The first-order valence-corrected chi connectivity index (χ1v) is 6.77. The fourth-order valence-corrected chi connectivity index (χ4v) is 1.89. The number of benzene rings is 1. The molecule has 6 nitrogen and oxygen atoms in total. The van der Waals surface area contributed by atoms with Crippen LogP contribution in [0.3, 0.4) is 0 Å². The van der Waals surface area contributed by atoms with Gasteiger partial charge in [0, 0.05) is 30.1 Å². The van der Waals surface area contributed by atoms with Crippen LogP contribution in [0.15, 0.2) is 18.2 Å². The largest absolute Gasteiger partial charge is 0.508 e. The lowest BCUT2D eigenvalue weighted by molar-refractivity contribution is 0.0516. The van der Waals surface area contributed by atoms with Gasteiger partial charge in [0.25, 0.3) is 0 Å². The molecule has 0 radical (unpaired) electrons. The third-order valence-corrected chi connectivity index (χ3v) is 3.10. The van der Waals surface area contributed by atoms with Gasteiger partial charge in [-0.15, -0.1) is 0 Å². The van der Waals surface area contributed by atoms with Gasteiger partial charge in [-0.3, -0.25) is 0 Å². The maximum absolute atomic E-state index is 11.7. The number of phenolic OH excluding ortho intramolecular Hbond substituents is 2.